The molecule has 1 fully saturated rings. The summed E-state index contributed by atoms with van der Waals surface area (Å²) in [6, 6.07) is 2.93. The number of hydrogen-bond acceptors (Lipinski definition) is 2. The summed E-state index contributed by atoms with van der Waals surface area (Å²) >= 11 is 11.7. The zero-order chi connectivity index (χ0) is 11.9. The second-order valence-electron chi connectivity index (χ2n) is 3.79. The number of hydrogen-bond donors (Lipinski definition) is 1. The molecule has 0 heterocycles. The summed E-state index contributed by atoms with van der Waals surface area (Å²) in [5, 5.41) is 0.461. The molecule has 2 rings (SSSR count). The zero-order valence-electron chi connectivity index (χ0n) is 8.14. The van der Waals surface area contributed by atoms with Crippen LogP contribution in [-0.4, -0.2) is 12.5 Å². The van der Waals surface area contributed by atoms with Gasteiger partial charge in [-0.2, -0.15) is 0 Å². The Balaban J connectivity index is 2.05. The van der Waals surface area contributed by atoms with Gasteiger partial charge in [-0.25, -0.2) is 8.78 Å². The van der Waals surface area contributed by atoms with Crippen LogP contribution in [0.25, 0.3) is 0 Å². The van der Waals surface area contributed by atoms with Gasteiger partial charge >= 0.3 is 0 Å². The van der Waals surface area contributed by atoms with E-state index >= 15 is 0 Å². The monoisotopic (exact) mass is 267 g/mol. The standard InChI is InChI=1S/C10H9Cl2F2NO/c11-7-1-6(15)2-8(12)9(7)16-4-5-3-10(5,13)14/h1-2,5H,3-4,15H2. The van der Waals surface area contributed by atoms with Crippen molar-refractivity contribution in [3.8, 4) is 5.75 Å². The number of nitrogen functional groups attached to an aromatic ring is 1. The van der Waals surface area contributed by atoms with Gasteiger partial charge in [-0.3, -0.25) is 0 Å². The highest BCUT2D eigenvalue weighted by Crippen LogP contribution is 2.49. The lowest BCUT2D eigenvalue weighted by Gasteiger charge is -2.10. The van der Waals surface area contributed by atoms with Crippen LogP contribution < -0.4 is 10.5 Å². The molecule has 0 saturated heterocycles. The Hall–Kier alpha value is -0.740. The molecule has 1 aliphatic rings. The van der Waals surface area contributed by atoms with Crippen LogP contribution in [0, 0.1) is 5.92 Å². The molecule has 1 unspecified atom stereocenters. The van der Waals surface area contributed by atoms with E-state index in [1.165, 1.54) is 12.1 Å². The number of nitrogens with two attached hydrogens (primary N) is 1. The number of ether oxygens (including phenoxy) is 1. The minimum Gasteiger partial charge on any atom is -0.490 e. The third-order valence-corrected chi connectivity index (χ3v) is 2.97. The van der Waals surface area contributed by atoms with Gasteiger partial charge in [0.05, 0.1) is 22.6 Å². The molecule has 16 heavy (non-hydrogen) atoms. The van der Waals surface area contributed by atoms with Crippen LogP contribution in [0.1, 0.15) is 6.42 Å². The molecule has 6 heteroatoms. The summed E-state index contributed by atoms with van der Waals surface area (Å²) in [5.41, 5.74) is 5.90. The second-order valence-corrected chi connectivity index (χ2v) is 4.60. The van der Waals surface area contributed by atoms with E-state index in [-0.39, 0.29) is 28.8 Å². The first kappa shape index (κ1) is 11.7. The van der Waals surface area contributed by atoms with Crippen molar-refractivity contribution >= 4 is 28.9 Å². The maximum absolute atomic E-state index is 12.6. The smallest absolute Gasteiger partial charge is 0.255 e. The van der Waals surface area contributed by atoms with Crippen molar-refractivity contribution in [1.29, 1.82) is 0 Å². The van der Waals surface area contributed by atoms with E-state index in [9.17, 15) is 8.78 Å². The van der Waals surface area contributed by atoms with E-state index in [4.69, 9.17) is 33.7 Å². The minimum absolute atomic E-state index is 0.0869. The van der Waals surface area contributed by atoms with Crippen molar-refractivity contribution in [1.82, 2.24) is 0 Å². The molecule has 1 atom stereocenters. The third kappa shape index (κ3) is 2.33. The zero-order valence-corrected chi connectivity index (χ0v) is 9.66. The predicted octanol–water partition coefficient (Wildman–Crippen LogP) is 3.61. The summed E-state index contributed by atoms with van der Waals surface area (Å²) in [5.74, 6) is -3.13. The molecular formula is C10H9Cl2F2NO. The fourth-order valence-electron chi connectivity index (χ4n) is 1.35. The molecule has 88 valence electrons. The molecule has 2 N–H and O–H groups in total. The van der Waals surface area contributed by atoms with Crippen molar-refractivity contribution in [2.24, 2.45) is 5.92 Å². The second kappa shape index (κ2) is 3.93. The highest BCUT2D eigenvalue weighted by Gasteiger charge is 2.57. The Bertz CT molecular complexity index is 402. The number of anilines is 1. The Labute approximate surface area is 101 Å². The number of rotatable bonds is 3. The average Bonchev–Trinajstić information content (AvgIpc) is 2.72. The molecule has 1 aromatic carbocycles. The highest BCUT2D eigenvalue weighted by molar-refractivity contribution is 6.37. The highest BCUT2D eigenvalue weighted by atomic mass is 35.5. The quantitative estimate of drug-likeness (QED) is 0.850. The molecular weight excluding hydrogens is 259 g/mol. The summed E-state index contributed by atoms with van der Waals surface area (Å²) in [6.07, 6.45) is -0.142. The van der Waals surface area contributed by atoms with E-state index in [0.29, 0.717) is 5.69 Å². The Morgan fingerprint density at radius 3 is 2.31 bits per heavy atom. The van der Waals surface area contributed by atoms with Crippen molar-refractivity contribution in [3.05, 3.63) is 22.2 Å². The van der Waals surface area contributed by atoms with Crippen molar-refractivity contribution in [3.63, 3.8) is 0 Å². The molecule has 0 radical (unpaired) electrons. The van der Waals surface area contributed by atoms with Crippen LogP contribution in [0.15, 0.2) is 12.1 Å². The van der Waals surface area contributed by atoms with Crippen molar-refractivity contribution in [2.75, 3.05) is 12.3 Å². The predicted molar refractivity (Wildman–Crippen MR) is 59.4 cm³/mol. The Morgan fingerprint density at radius 1 is 1.38 bits per heavy atom. The normalized spacial score (nSPS) is 21.9. The molecule has 0 spiro atoms. The van der Waals surface area contributed by atoms with E-state index in [1.54, 1.807) is 0 Å². The maximum Gasteiger partial charge on any atom is 0.255 e. The molecule has 2 nitrogen and oxygen atoms in total. The first-order valence-electron chi connectivity index (χ1n) is 4.65. The lowest BCUT2D eigenvalue weighted by atomic mass is 10.3. The topological polar surface area (TPSA) is 35.2 Å². The molecule has 0 amide bonds. The van der Waals surface area contributed by atoms with Crippen LogP contribution in [0.3, 0.4) is 0 Å². The molecule has 1 saturated carbocycles. The summed E-state index contributed by atoms with van der Waals surface area (Å²) in [7, 11) is 0. The SMILES string of the molecule is Nc1cc(Cl)c(OCC2CC2(F)F)c(Cl)c1. The number of benzene rings is 1. The van der Waals surface area contributed by atoms with Crippen molar-refractivity contribution in [2.45, 2.75) is 12.3 Å². The van der Waals surface area contributed by atoms with E-state index < -0.39 is 11.8 Å². The van der Waals surface area contributed by atoms with Crippen LogP contribution in [0.4, 0.5) is 14.5 Å². The van der Waals surface area contributed by atoms with E-state index in [1.807, 2.05) is 0 Å². The molecule has 0 aliphatic heterocycles. The summed E-state index contributed by atoms with van der Waals surface area (Å²) in [4.78, 5) is 0. The average molecular weight is 268 g/mol. The van der Waals surface area contributed by atoms with Gasteiger partial charge in [0.2, 0.25) is 0 Å². The summed E-state index contributed by atoms with van der Waals surface area (Å²) in [6.45, 7) is -0.0869. The van der Waals surface area contributed by atoms with Gasteiger partial charge in [0.15, 0.2) is 5.75 Å². The lowest BCUT2D eigenvalue weighted by molar-refractivity contribution is 0.0856. The van der Waals surface area contributed by atoms with Crippen LogP contribution in [-0.2, 0) is 0 Å². The molecule has 0 bridgehead atoms. The fraction of sp³-hybridized carbons (Fsp3) is 0.400. The van der Waals surface area contributed by atoms with Crippen molar-refractivity contribution < 1.29 is 13.5 Å². The first-order chi connectivity index (χ1) is 7.40. The number of alkyl halides is 2. The lowest BCUT2D eigenvalue weighted by Crippen LogP contribution is -2.06. The Morgan fingerprint density at radius 2 is 1.88 bits per heavy atom. The molecule has 0 aromatic heterocycles. The fourth-order valence-corrected chi connectivity index (χ4v) is 1.96. The van der Waals surface area contributed by atoms with Gasteiger partial charge in [0.1, 0.15) is 0 Å². The van der Waals surface area contributed by atoms with Gasteiger partial charge in [-0.05, 0) is 12.1 Å². The number of halogens is 4. The van der Waals surface area contributed by atoms with Crippen LogP contribution >= 0.6 is 23.2 Å². The Kier molecular flexibility index (Phi) is 2.88. The first-order valence-corrected chi connectivity index (χ1v) is 5.41. The van der Waals surface area contributed by atoms with E-state index in [2.05, 4.69) is 0 Å². The van der Waals surface area contributed by atoms with Gasteiger partial charge in [0, 0.05) is 12.1 Å². The minimum atomic E-state index is -2.60. The van der Waals surface area contributed by atoms with E-state index in [0.717, 1.165) is 0 Å². The van der Waals surface area contributed by atoms with Crippen LogP contribution in [0.2, 0.25) is 10.0 Å². The largest absolute Gasteiger partial charge is 0.490 e. The maximum atomic E-state index is 12.6. The molecule has 1 aliphatic carbocycles. The molecule has 1 aromatic rings. The van der Waals surface area contributed by atoms with Gasteiger partial charge in [0.25, 0.3) is 5.92 Å². The van der Waals surface area contributed by atoms with Crippen LogP contribution in [0.5, 0.6) is 5.75 Å². The third-order valence-electron chi connectivity index (χ3n) is 2.41. The van der Waals surface area contributed by atoms with Gasteiger partial charge in [-0.15, -0.1) is 0 Å². The van der Waals surface area contributed by atoms with Gasteiger partial charge < -0.3 is 10.5 Å². The van der Waals surface area contributed by atoms with Gasteiger partial charge in [-0.1, -0.05) is 23.2 Å². The summed E-state index contributed by atoms with van der Waals surface area (Å²) < 4.78 is 30.4.